The van der Waals surface area contributed by atoms with E-state index in [0.717, 1.165) is 24.4 Å². The van der Waals surface area contributed by atoms with Gasteiger partial charge >= 0.3 is 0 Å². The van der Waals surface area contributed by atoms with Crippen molar-refractivity contribution in [1.29, 1.82) is 0 Å². The van der Waals surface area contributed by atoms with E-state index in [4.69, 9.17) is 0 Å². The zero-order valence-electron chi connectivity index (χ0n) is 12.8. The van der Waals surface area contributed by atoms with Crippen molar-refractivity contribution in [2.75, 3.05) is 0 Å². The quantitative estimate of drug-likeness (QED) is 0.844. The molecule has 0 saturated carbocycles. The molecule has 0 aliphatic carbocycles. The first kappa shape index (κ1) is 14.6. The third kappa shape index (κ3) is 3.86. The molecule has 1 atom stereocenters. The first-order valence-electron chi connectivity index (χ1n) is 7.19. The highest BCUT2D eigenvalue weighted by molar-refractivity contribution is 5.21. The van der Waals surface area contributed by atoms with Crippen LogP contribution in [0, 0.1) is 0 Å². The van der Waals surface area contributed by atoms with Crippen LogP contribution in [-0.2, 0) is 11.8 Å². The number of rotatable bonds is 4. The number of hydrogen-bond acceptors (Lipinski definition) is 3. The molecule has 1 unspecified atom stereocenters. The highest BCUT2D eigenvalue weighted by Crippen LogP contribution is 2.22. The van der Waals surface area contributed by atoms with Gasteiger partial charge in [-0.3, -0.25) is 4.98 Å². The van der Waals surface area contributed by atoms with E-state index in [0.29, 0.717) is 5.92 Å². The minimum atomic E-state index is 0.163. The molecule has 0 fully saturated rings. The first-order chi connectivity index (χ1) is 9.47. The first-order valence-corrected chi connectivity index (χ1v) is 7.19. The van der Waals surface area contributed by atoms with Gasteiger partial charge in [0, 0.05) is 30.2 Å². The van der Waals surface area contributed by atoms with Crippen molar-refractivity contribution in [2.24, 2.45) is 0 Å². The monoisotopic (exact) mass is 269 g/mol. The van der Waals surface area contributed by atoms with Crippen LogP contribution in [0.4, 0.5) is 0 Å². The van der Waals surface area contributed by atoms with Gasteiger partial charge in [0.1, 0.15) is 5.82 Å². The fraction of sp³-hybridized carbons (Fsp3) is 0.471. The van der Waals surface area contributed by atoms with Gasteiger partial charge in [-0.1, -0.05) is 33.8 Å². The standard InChI is InChI=1S/C17H23N3/c1-13(16-18-10-5-11-19-16)6-8-15-9-7-14(12-20-15)17(2,3)4/h5,7,9-13H,6,8H2,1-4H3. The predicted octanol–water partition coefficient (Wildman–Crippen LogP) is 3.91. The lowest BCUT2D eigenvalue weighted by Crippen LogP contribution is -2.11. The molecular formula is C17H23N3. The van der Waals surface area contributed by atoms with Crippen LogP contribution in [-0.4, -0.2) is 15.0 Å². The zero-order valence-corrected chi connectivity index (χ0v) is 12.8. The highest BCUT2D eigenvalue weighted by atomic mass is 14.9. The molecule has 2 heterocycles. The molecule has 0 radical (unpaired) electrons. The van der Waals surface area contributed by atoms with E-state index in [1.165, 1.54) is 5.56 Å². The number of nitrogens with zero attached hydrogens (tertiary/aromatic N) is 3. The molecule has 0 saturated heterocycles. The van der Waals surface area contributed by atoms with Gasteiger partial charge < -0.3 is 0 Å². The Morgan fingerprint density at radius 1 is 1.05 bits per heavy atom. The lowest BCUT2D eigenvalue weighted by molar-refractivity contribution is 0.584. The summed E-state index contributed by atoms with van der Waals surface area (Å²) in [6.07, 6.45) is 7.58. The molecule has 2 rings (SSSR count). The predicted molar refractivity (Wildman–Crippen MR) is 81.7 cm³/mol. The molecule has 0 bridgehead atoms. The van der Waals surface area contributed by atoms with Crippen LogP contribution in [0.15, 0.2) is 36.8 Å². The van der Waals surface area contributed by atoms with Crippen molar-refractivity contribution in [2.45, 2.75) is 51.9 Å². The van der Waals surface area contributed by atoms with Crippen LogP contribution < -0.4 is 0 Å². The van der Waals surface area contributed by atoms with E-state index in [1.807, 2.05) is 12.3 Å². The molecule has 0 amide bonds. The Hall–Kier alpha value is -1.77. The van der Waals surface area contributed by atoms with Crippen LogP contribution in [0.3, 0.4) is 0 Å². The molecule has 3 nitrogen and oxygen atoms in total. The van der Waals surface area contributed by atoms with E-state index in [-0.39, 0.29) is 5.41 Å². The van der Waals surface area contributed by atoms with Gasteiger partial charge in [-0.25, -0.2) is 9.97 Å². The molecule has 0 N–H and O–H groups in total. The van der Waals surface area contributed by atoms with Gasteiger partial charge in [0.2, 0.25) is 0 Å². The molecule has 2 aromatic rings. The van der Waals surface area contributed by atoms with Gasteiger partial charge in [0.25, 0.3) is 0 Å². The van der Waals surface area contributed by atoms with E-state index in [9.17, 15) is 0 Å². The Bertz CT molecular complexity index is 526. The fourth-order valence-corrected chi connectivity index (χ4v) is 2.07. The van der Waals surface area contributed by atoms with E-state index >= 15 is 0 Å². The lowest BCUT2D eigenvalue weighted by Gasteiger charge is -2.18. The van der Waals surface area contributed by atoms with Gasteiger partial charge in [0.05, 0.1) is 0 Å². The maximum Gasteiger partial charge on any atom is 0.131 e. The third-order valence-corrected chi connectivity index (χ3v) is 3.55. The minimum Gasteiger partial charge on any atom is -0.261 e. The molecule has 106 valence electrons. The Labute approximate surface area is 121 Å². The van der Waals surface area contributed by atoms with Gasteiger partial charge in [-0.15, -0.1) is 0 Å². The average molecular weight is 269 g/mol. The van der Waals surface area contributed by atoms with Crippen LogP contribution in [0.5, 0.6) is 0 Å². The smallest absolute Gasteiger partial charge is 0.131 e. The average Bonchev–Trinajstić information content (AvgIpc) is 2.45. The number of hydrogen-bond donors (Lipinski definition) is 0. The van der Waals surface area contributed by atoms with E-state index < -0.39 is 0 Å². The summed E-state index contributed by atoms with van der Waals surface area (Å²) in [5.41, 5.74) is 2.58. The molecule has 0 aliphatic heterocycles. The molecule has 3 heteroatoms. The Kier molecular flexibility index (Phi) is 4.48. The Morgan fingerprint density at radius 2 is 1.75 bits per heavy atom. The Balaban J connectivity index is 1.94. The van der Waals surface area contributed by atoms with Crippen molar-refractivity contribution in [3.05, 3.63) is 53.9 Å². The molecular weight excluding hydrogens is 246 g/mol. The fourth-order valence-electron chi connectivity index (χ4n) is 2.07. The van der Waals surface area contributed by atoms with Gasteiger partial charge in [-0.05, 0) is 36.0 Å². The normalized spacial score (nSPS) is 13.2. The van der Waals surface area contributed by atoms with Gasteiger partial charge in [0.15, 0.2) is 0 Å². The largest absolute Gasteiger partial charge is 0.261 e. The van der Waals surface area contributed by atoms with E-state index in [1.54, 1.807) is 12.4 Å². The summed E-state index contributed by atoms with van der Waals surface area (Å²) < 4.78 is 0. The van der Waals surface area contributed by atoms with Crippen molar-refractivity contribution in [1.82, 2.24) is 15.0 Å². The summed E-state index contributed by atoms with van der Waals surface area (Å²) in [5.74, 6) is 1.28. The summed E-state index contributed by atoms with van der Waals surface area (Å²) in [5, 5.41) is 0. The second-order valence-corrected chi connectivity index (χ2v) is 6.33. The summed E-state index contributed by atoms with van der Waals surface area (Å²) in [4.78, 5) is 13.2. The summed E-state index contributed by atoms with van der Waals surface area (Å²) >= 11 is 0. The molecule has 20 heavy (non-hydrogen) atoms. The topological polar surface area (TPSA) is 38.7 Å². The molecule has 0 spiro atoms. The van der Waals surface area contributed by atoms with Gasteiger partial charge in [-0.2, -0.15) is 0 Å². The molecule has 2 aromatic heterocycles. The van der Waals surface area contributed by atoms with E-state index in [2.05, 4.69) is 54.8 Å². The van der Waals surface area contributed by atoms with Crippen LogP contribution in [0.1, 0.15) is 57.1 Å². The number of pyridine rings is 1. The number of aryl methyl sites for hydroxylation is 1. The Morgan fingerprint density at radius 3 is 2.30 bits per heavy atom. The summed E-state index contributed by atoms with van der Waals surface area (Å²) in [6, 6.07) is 6.17. The molecule has 0 aromatic carbocycles. The second kappa shape index (κ2) is 6.12. The summed E-state index contributed by atoms with van der Waals surface area (Å²) in [7, 11) is 0. The zero-order chi connectivity index (χ0) is 14.6. The van der Waals surface area contributed by atoms with Crippen molar-refractivity contribution in [3.63, 3.8) is 0 Å². The number of aromatic nitrogens is 3. The van der Waals surface area contributed by atoms with Crippen molar-refractivity contribution < 1.29 is 0 Å². The maximum atomic E-state index is 4.57. The SMILES string of the molecule is CC(CCc1ccc(C(C)(C)C)cn1)c1ncccn1. The highest BCUT2D eigenvalue weighted by Gasteiger charge is 2.14. The van der Waals surface area contributed by atoms with Crippen LogP contribution in [0.2, 0.25) is 0 Å². The summed E-state index contributed by atoms with van der Waals surface area (Å²) in [6.45, 7) is 8.79. The van der Waals surface area contributed by atoms with Crippen LogP contribution >= 0.6 is 0 Å². The maximum absolute atomic E-state index is 4.57. The third-order valence-electron chi connectivity index (χ3n) is 3.55. The minimum absolute atomic E-state index is 0.163. The van der Waals surface area contributed by atoms with Crippen molar-refractivity contribution >= 4 is 0 Å². The lowest BCUT2D eigenvalue weighted by atomic mass is 9.88. The van der Waals surface area contributed by atoms with Crippen molar-refractivity contribution in [3.8, 4) is 0 Å². The van der Waals surface area contributed by atoms with Crippen LogP contribution in [0.25, 0.3) is 0 Å². The second-order valence-electron chi connectivity index (χ2n) is 6.33. The molecule has 0 aliphatic rings.